The Kier molecular flexibility index (Phi) is 4.52. The Morgan fingerprint density at radius 1 is 1.30 bits per heavy atom. The molecule has 0 atom stereocenters. The zero-order valence-corrected chi connectivity index (χ0v) is 13.0. The van der Waals surface area contributed by atoms with Crippen LogP contribution in [0.5, 0.6) is 5.75 Å². The monoisotopic (exact) mass is 354 g/mol. The quantitative estimate of drug-likeness (QED) is 0.820. The van der Waals surface area contributed by atoms with Gasteiger partial charge in [0, 0.05) is 15.2 Å². The molecule has 2 rings (SSSR count). The molecule has 0 saturated heterocycles. The summed E-state index contributed by atoms with van der Waals surface area (Å²) in [5.74, 6) is 0.235. The van der Waals surface area contributed by atoms with Gasteiger partial charge in [0.15, 0.2) is 0 Å². The van der Waals surface area contributed by atoms with E-state index in [2.05, 4.69) is 21.2 Å². The highest BCUT2D eigenvalue weighted by Crippen LogP contribution is 2.27. The van der Waals surface area contributed by atoms with Crippen molar-refractivity contribution in [2.45, 2.75) is 0 Å². The number of hydrogen-bond donors (Lipinski definition) is 2. The molecular weight excluding hydrogens is 344 g/mol. The number of nitrogen functional groups attached to an aromatic ring is 1. The molecule has 3 N–H and O–H groups in total. The van der Waals surface area contributed by atoms with Crippen molar-refractivity contribution in [3.05, 3.63) is 51.5 Å². The fourth-order valence-corrected chi connectivity index (χ4v) is 2.16. The zero-order valence-electron chi connectivity index (χ0n) is 10.6. The zero-order chi connectivity index (χ0) is 14.7. The average Bonchev–Trinajstić information content (AvgIpc) is 2.43. The average molecular weight is 356 g/mol. The SMILES string of the molecule is COc1ccc(N)c(C(=O)Nc2cc(Cl)ccc2Br)c1. The van der Waals surface area contributed by atoms with Crippen LogP contribution in [0.1, 0.15) is 10.4 Å². The summed E-state index contributed by atoms with van der Waals surface area (Å²) < 4.78 is 5.82. The normalized spacial score (nSPS) is 10.2. The Bertz CT molecular complexity index is 662. The van der Waals surface area contributed by atoms with Crippen molar-refractivity contribution in [3.63, 3.8) is 0 Å². The molecule has 0 aliphatic rings. The van der Waals surface area contributed by atoms with Crippen molar-refractivity contribution < 1.29 is 9.53 Å². The van der Waals surface area contributed by atoms with Crippen molar-refractivity contribution in [1.82, 2.24) is 0 Å². The van der Waals surface area contributed by atoms with Gasteiger partial charge in [0.25, 0.3) is 5.91 Å². The van der Waals surface area contributed by atoms with Gasteiger partial charge >= 0.3 is 0 Å². The molecule has 0 unspecified atom stereocenters. The van der Waals surface area contributed by atoms with Crippen molar-refractivity contribution in [1.29, 1.82) is 0 Å². The Morgan fingerprint density at radius 3 is 2.75 bits per heavy atom. The van der Waals surface area contributed by atoms with Gasteiger partial charge in [-0.15, -0.1) is 0 Å². The second-order valence-corrected chi connectivity index (χ2v) is 5.32. The number of nitrogens with two attached hydrogens (primary N) is 1. The van der Waals surface area contributed by atoms with Gasteiger partial charge in [-0.25, -0.2) is 0 Å². The Morgan fingerprint density at radius 2 is 2.05 bits per heavy atom. The molecule has 0 heterocycles. The van der Waals surface area contributed by atoms with Gasteiger partial charge in [-0.3, -0.25) is 4.79 Å². The van der Waals surface area contributed by atoms with E-state index in [0.29, 0.717) is 27.7 Å². The second kappa shape index (κ2) is 6.15. The van der Waals surface area contributed by atoms with E-state index in [4.69, 9.17) is 22.1 Å². The highest BCUT2D eigenvalue weighted by atomic mass is 79.9. The van der Waals surface area contributed by atoms with Crippen molar-refractivity contribution >= 4 is 44.8 Å². The minimum absolute atomic E-state index is 0.329. The number of nitrogens with one attached hydrogen (secondary N) is 1. The van der Waals surface area contributed by atoms with Gasteiger partial charge in [-0.1, -0.05) is 11.6 Å². The maximum Gasteiger partial charge on any atom is 0.257 e. The van der Waals surface area contributed by atoms with E-state index in [1.54, 1.807) is 36.4 Å². The summed E-state index contributed by atoms with van der Waals surface area (Å²) in [6.07, 6.45) is 0. The molecular formula is C14H12BrClN2O2. The molecule has 6 heteroatoms. The van der Waals surface area contributed by atoms with Crippen LogP contribution in [0, 0.1) is 0 Å². The lowest BCUT2D eigenvalue weighted by atomic mass is 10.1. The molecule has 0 spiro atoms. The van der Waals surface area contributed by atoms with E-state index in [9.17, 15) is 4.79 Å². The standard InChI is InChI=1S/C14H12BrClN2O2/c1-20-9-3-5-12(17)10(7-9)14(19)18-13-6-8(16)2-4-11(13)15/h2-7H,17H2,1H3,(H,18,19). The first-order valence-corrected chi connectivity index (χ1v) is 6.88. The number of benzene rings is 2. The first-order chi connectivity index (χ1) is 9.51. The van der Waals surface area contributed by atoms with Crippen LogP contribution in [-0.4, -0.2) is 13.0 Å². The molecule has 0 saturated carbocycles. The largest absolute Gasteiger partial charge is 0.497 e. The molecule has 4 nitrogen and oxygen atoms in total. The lowest BCUT2D eigenvalue weighted by Gasteiger charge is -2.10. The molecule has 1 amide bonds. The lowest BCUT2D eigenvalue weighted by Crippen LogP contribution is -2.14. The molecule has 2 aromatic rings. The van der Waals surface area contributed by atoms with Gasteiger partial charge < -0.3 is 15.8 Å². The highest BCUT2D eigenvalue weighted by Gasteiger charge is 2.13. The highest BCUT2D eigenvalue weighted by molar-refractivity contribution is 9.10. The third-order valence-corrected chi connectivity index (χ3v) is 3.61. The van der Waals surface area contributed by atoms with Crippen LogP contribution in [0.4, 0.5) is 11.4 Å². The molecule has 0 bridgehead atoms. The summed E-state index contributed by atoms with van der Waals surface area (Å²) in [4.78, 5) is 12.3. The predicted octanol–water partition coefficient (Wildman–Crippen LogP) is 3.95. The number of hydrogen-bond acceptors (Lipinski definition) is 3. The summed E-state index contributed by atoms with van der Waals surface area (Å²) in [7, 11) is 1.53. The summed E-state index contributed by atoms with van der Waals surface area (Å²) >= 11 is 9.26. The van der Waals surface area contributed by atoms with E-state index in [-0.39, 0.29) is 5.91 Å². The number of anilines is 2. The fraction of sp³-hybridized carbons (Fsp3) is 0.0714. The number of methoxy groups -OCH3 is 1. The van der Waals surface area contributed by atoms with E-state index in [1.807, 2.05) is 0 Å². The maximum absolute atomic E-state index is 12.3. The van der Waals surface area contributed by atoms with Crippen molar-refractivity contribution in [3.8, 4) is 5.75 Å². The minimum Gasteiger partial charge on any atom is -0.497 e. The van der Waals surface area contributed by atoms with Gasteiger partial charge in [0.2, 0.25) is 0 Å². The van der Waals surface area contributed by atoms with Crippen molar-refractivity contribution in [2.75, 3.05) is 18.2 Å². The van der Waals surface area contributed by atoms with E-state index in [0.717, 1.165) is 4.47 Å². The van der Waals surface area contributed by atoms with Crippen LogP contribution in [-0.2, 0) is 0 Å². The van der Waals surface area contributed by atoms with Gasteiger partial charge in [0.1, 0.15) is 5.75 Å². The molecule has 0 aliphatic heterocycles. The number of ether oxygens (including phenoxy) is 1. The first-order valence-electron chi connectivity index (χ1n) is 5.71. The molecule has 104 valence electrons. The first kappa shape index (κ1) is 14.7. The minimum atomic E-state index is -0.329. The number of amides is 1. The molecule has 0 radical (unpaired) electrons. The second-order valence-electron chi connectivity index (χ2n) is 4.03. The van der Waals surface area contributed by atoms with E-state index >= 15 is 0 Å². The van der Waals surface area contributed by atoms with Gasteiger partial charge in [0.05, 0.1) is 18.4 Å². The summed E-state index contributed by atoms with van der Waals surface area (Å²) in [6.45, 7) is 0. The van der Waals surface area contributed by atoms with Crippen LogP contribution < -0.4 is 15.8 Å². The van der Waals surface area contributed by atoms with E-state index < -0.39 is 0 Å². The van der Waals surface area contributed by atoms with Gasteiger partial charge in [-0.05, 0) is 52.3 Å². The lowest BCUT2D eigenvalue weighted by molar-refractivity contribution is 0.102. The molecule has 20 heavy (non-hydrogen) atoms. The Labute approximate surface area is 130 Å². The molecule has 0 fully saturated rings. The number of carbonyl (C=O) groups excluding carboxylic acids is 1. The van der Waals surface area contributed by atoms with Crippen LogP contribution >= 0.6 is 27.5 Å². The Balaban J connectivity index is 2.30. The van der Waals surface area contributed by atoms with Crippen LogP contribution in [0.15, 0.2) is 40.9 Å². The summed E-state index contributed by atoms with van der Waals surface area (Å²) in [5.41, 5.74) is 7.11. The fourth-order valence-electron chi connectivity index (χ4n) is 1.64. The summed E-state index contributed by atoms with van der Waals surface area (Å²) in [6, 6.07) is 10.0. The number of carbonyl (C=O) groups is 1. The van der Waals surface area contributed by atoms with E-state index in [1.165, 1.54) is 7.11 Å². The summed E-state index contributed by atoms with van der Waals surface area (Å²) in [5, 5.41) is 3.28. The maximum atomic E-state index is 12.3. The number of rotatable bonds is 3. The number of halogens is 2. The van der Waals surface area contributed by atoms with Crippen molar-refractivity contribution in [2.24, 2.45) is 0 Å². The van der Waals surface area contributed by atoms with Crippen LogP contribution in [0.3, 0.4) is 0 Å². The topological polar surface area (TPSA) is 64.3 Å². The third-order valence-electron chi connectivity index (χ3n) is 2.68. The molecule has 0 aliphatic carbocycles. The predicted molar refractivity (Wildman–Crippen MR) is 84.5 cm³/mol. The smallest absolute Gasteiger partial charge is 0.257 e. The third kappa shape index (κ3) is 3.23. The van der Waals surface area contributed by atoms with Crippen LogP contribution in [0.2, 0.25) is 5.02 Å². The molecule has 2 aromatic carbocycles. The molecule has 0 aromatic heterocycles. The van der Waals surface area contributed by atoms with Crippen LogP contribution in [0.25, 0.3) is 0 Å². The Hall–Kier alpha value is -1.72. The van der Waals surface area contributed by atoms with Gasteiger partial charge in [-0.2, -0.15) is 0 Å².